The summed E-state index contributed by atoms with van der Waals surface area (Å²) < 4.78 is 0. The first-order valence-electron chi connectivity index (χ1n) is 13.9. The van der Waals surface area contributed by atoms with Crippen molar-refractivity contribution in [2.75, 3.05) is 31.1 Å². The summed E-state index contributed by atoms with van der Waals surface area (Å²) in [5, 5.41) is 12.4. The van der Waals surface area contributed by atoms with Crippen LogP contribution < -0.4 is 10.2 Å². The van der Waals surface area contributed by atoms with Gasteiger partial charge in [-0.25, -0.2) is 14.8 Å². The molecule has 0 spiro atoms. The van der Waals surface area contributed by atoms with E-state index in [0.717, 1.165) is 48.6 Å². The molecule has 212 valence electrons. The first-order chi connectivity index (χ1) is 18.8. The van der Waals surface area contributed by atoms with Crippen molar-refractivity contribution in [1.82, 2.24) is 20.2 Å². The van der Waals surface area contributed by atoms with Crippen molar-refractivity contribution in [3.63, 3.8) is 0 Å². The molecule has 2 N–H and O–H groups in total. The van der Waals surface area contributed by atoms with E-state index in [1.807, 2.05) is 48.8 Å². The van der Waals surface area contributed by atoms with Crippen LogP contribution in [0.5, 0.6) is 0 Å². The quantitative estimate of drug-likeness (QED) is 0.442. The van der Waals surface area contributed by atoms with Crippen LogP contribution in [-0.2, 0) is 16.6 Å². The molecule has 1 aliphatic heterocycles. The second kappa shape index (κ2) is 11.8. The smallest absolute Gasteiger partial charge is 0.326 e. The summed E-state index contributed by atoms with van der Waals surface area (Å²) in [5.41, 5.74) is 4.35. The number of amides is 1. The number of anilines is 1. The van der Waals surface area contributed by atoms with E-state index in [4.69, 9.17) is 0 Å². The van der Waals surface area contributed by atoms with E-state index in [9.17, 15) is 14.7 Å². The average Bonchev–Trinajstić information content (AvgIpc) is 2.92. The number of rotatable bonds is 7. The monoisotopic (exact) mass is 543 g/mol. The van der Waals surface area contributed by atoms with Gasteiger partial charge in [-0.1, -0.05) is 57.2 Å². The molecule has 1 fully saturated rings. The van der Waals surface area contributed by atoms with Crippen molar-refractivity contribution < 1.29 is 14.7 Å². The van der Waals surface area contributed by atoms with Crippen LogP contribution in [0.25, 0.3) is 11.4 Å². The van der Waals surface area contributed by atoms with Crippen LogP contribution in [0.15, 0.2) is 60.9 Å². The van der Waals surface area contributed by atoms with Crippen molar-refractivity contribution in [2.24, 2.45) is 0 Å². The number of hydrogen-bond donors (Lipinski definition) is 2. The Kier molecular flexibility index (Phi) is 8.59. The number of nitrogens with zero attached hydrogens (tertiary/aromatic N) is 4. The number of aliphatic carboxylic acids is 1. The number of carbonyl (C=O) groups is 2. The minimum absolute atomic E-state index is 0.0280. The van der Waals surface area contributed by atoms with E-state index in [-0.39, 0.29) is 17.4 Å². The van der Waals surface area contributed by atoms with Gasteiger partial charge in [0.1, 0.15) is 6.04 Å². The Morgan fingerprint density at radius 3 is 1.95 bits per heavy atom. The highest BCUT2D eigenvalue weighted by Crippen LogP contribution is 2.23. The molecule has 0 bridgehead atoms. The molecule has 2 aromatic carbocycles. The molecule has 1 saturated heterocycles. The lowest BCUT2D eigenvalue weighted by atomic mass is 9.86. The van der Waals surface area contributed by atoms with Crippen LogP contribution in [0.3, 0.4) is 0 Å². The maximum Gasteiger partial charge on any atom is 0.326 e. The second-order valence-electron chi connectivity index (χ2n) is 12.5. The van der Waals surface area contributed by atoms with Crippen molar-refractivity contribution in [3.8, 4) is 11.4 Å². The Balaban J connectivity index is 1.36. The summed E-state index contributed by atoms with van der Waals surface area (Å²) in [5.74, 6) is -0.866. The van der Waals surface area contributed by atoms with Crippen LogP contribution in [0.2, 0.25) is 0 Å². The molecular formula is C32H41N5O3. The van der Waals surface area contributed by atoms with Gasteiger partial charge >= 0.3 is 5.97 Å². The Bertz CT molecular complexity index is 1300. The maximum absolute atomic E-state index is 12.8. The van der Waals surface area contributed by atoms with Gasteiger partial charge < -0.3 is 15.3 Å². The number of hydrogen-bond acceptors (Lipinski definition) is 6. The van der Waals surface area contributed by atoms with Crippen molar-refractivity contribution >= 4 is 17.6 Å². The molecule has 1 aliphatic rings. The molecule has 0 radical (unpaired) electrons. The molecule has 0 aliphatic carbocycles. The van der Waals surface area contributed by atoms with Crippen LogP contribution in [0, 0.1) is 0 Å². The molecular weight excluding hydrogens is 502 g/mol. The van der Waals surface area contributed by atoms with Gasteiger partial charge in [-0.05, 0) is 49.4 Å². The summed E-state index contributed by atoms with van der Waals surface area (Å²) in [4.78, 5) is 38.7. The van der Waals surface area contributed by atoms with Crippen LogP contribution >= 0.6 is 0 Å². The summed E-state index contributed by atoms with van der Waals surface area (Å²) in [6, 6.07) is 13.7. The molecule has 8 heteroatoms. The molecule has 8 nitrogen and oxygen atoms in total. The molecule has 0 saturated carbocycles. The van der Waals surface area contributed by atoms with E-state index in [1.54, 1.807) is 12.1 Å². The summed E-state index contributed by atoms with van der Waals surface area (Å²) in [6.45, 7) is 16.9. The van der Waals surface area contributed by atoms with Gasteiger partial charge in [0.15, 0.2) is 5.82 Å². The van der Waals surface area contributed by atoms with Crippen molar-refractivity contribution in [2.45, 2.75) is 65.0 Å². The summed E-state index contributed by atoms with van der Waals surface area (Å²) in [7, 11) is 0. The molecule has 1 aromatic heterocycles. The van der Waals surface area contributed by atoms with Crippen LogP contribution in [0.1, 0.15) is 63.0 Å². The highest BCUT2D eigenvalue weighted by atomic mass is 16.4. The van der Waals surface area contributed by atoms with Gasteiger partial charge in [0.05, 0.1) is 18.1 Å². The Morgan fingerprint density at radius 1 is 0.875 bits per heavy atom. The van der Waals surface area contributed by atoms with E-state index in [0.29, 0.717) is 11.4 Å². The minimum atomic E-state index is -1.08. The lowest BCUT2D eigenvalue weighted by Crippen LogP contribution is -2.53. The zero-order valence-electron chi connectivity index (χ0n) is 24.4. The number of aromatic nitrogens is 2. The fourth-order valence-corrected chi connectivity index (χ4v) is 4.86. The van der Waals surface area contributed by atoms with Gasteiger partial charge in [0.25, 0.3) is 5.91 Å². The minimum Gasteiger partial charge on any atom is -0.480 e. The normalized spacial score (nSPS) is 15.5. The molecule has 1 amide bonds. The number of benzene rings is 2. The fourth-order valence-electron chi connectivity index (χ4n) is 4.86. The lowest BCUT2D eigenvalue weighted by molar-refractivity contribution is -0.139. The Labute approximate surface area is 237 Å². The largest absolute Gasteiger partial charge is 0.480 e. The molecule has 1 atom stereocenters. The van der Waals surface area contributed by atoms with Gasteiger partial charge in [0.2, 0.25) is 0 Å². The summed E-state index contributed by atoms with van der Waals surface area (Å²) >= 11 is 0. The van der Waals surface area contributed by atoms with Gasteiger partial charge in [-0.3, -0.25) is 9.69 Å². The topological polar surface area (TPSA) is 98.7 Å². The first-order valence-corrected chi connectivity index (χ1v) is 13.9. The average molecular weight is 544 g/mol. The fraction of sp³-hybridized carbons (Fsp3) is 0.438. The highest BCUT2D eigenvalue weighted by molar-refractivity contribution is 5.96. The predicted molar refractivity (Wildman–Crippen MR) is 159 cm³/mol. The third kappa shape index (κ3) is 7.24. The molecule has 4 rings (SSSR count). The zero-order valence-corrected chi connectivity index (χ0v) is 24.4. The maximum atomic E-state index is 12.8. The molecule has 3 aromatic rings. The standard InChI is InChI=1S/C32H41N5O3/c1-31(2,3)25-13-11-24(12-14-25)29(38)35-27(30(39)40)19-22-7-9-23(10-8-22)28-33-20-26(21-34-28)36-15-17-37(18-16-36)32(4,5)6/h7-14,20-21,27H,15-19H2,1-6H3,(H,35,38)(H,39,40)/t27-/m0/s1. The number of carboxylic acid groups (broad SMARTS) is 1. The highest BCUT2D eigenvalue weighted by Gasteiger charge is 2.26. The van der Waals surface area contributed by atoms with Crippen LogP contribution in [0.4, 0.5) is 5.69 Å². The number of piperazine rings is 1. The van der Waals surface area contributed by atoms with Crippen molar-refractivity contribution in [3.05, 3.63) is 77.6 Å². The number of carboxylic acids is 1. The molecule has 2 heterocycles. The first kappa shape index (κ1) is 29.2. The van der Waals surface area contributed by atoms with Gasteiger partial charge in [-0.2, -0.15) is 0 Å². The third-order valence-corrected chi connectivity index (χ3v) is 7.50. The Morgan fingerprint density at radius 2 is 1.45 bits per heavy atom. The second-order valence-corrected chi connectivity index (χ2v) is 12.5. The van der Waals surface area contributed by atoms with Crippen molar-refractivity contribution in [1.29, 1.82) is 0 Å². The number of nitrogens with one attached hydrogen (secondary N) is 1. The lowest BCUT2D eigenvalue weighted by Gasteiger charge is -2.42. The van der Waals surface area contributed by atoms with Crippen LogP contribution in [-0.4, -0.2) is 69.6 Å². The summed E-state index contributed by atoms with van der Waals surface area (Å²) in [6.07, 6.45) is 3.90. The van der Waals surface area contributed by atoms with Gasteiger partial charge in [0, 0.05) is 49.3 Å². The zero-order chi connectivity index (χ0) is 29.1. The van der Waals surface area contributed by atoms with E-state index >= 15 is 0 Å². The van der Waals surface area contributed by atoms with Gasteiger partial charge in [-0.15, -0.1) is 0 Å². The number of carbonyl (C=O) groups excluding carboxylic acids is 1. The predicted octanol–water partition coefficient (Wildman–Crippen LogP) is 4.79. The van der Waals surface area contributed by atoms with E-state index < -0.39 is 17.9 Å². The van der Waals surface area contributed by atoms with E-state index in [1.165, 1.54) is 0 Å². The molecule has 0 unspecified atom stereocenters. The van der Waals surface area contributed by atoms with E-state index in [2.05, 4.69) is 66.6 Å². The molecule has 40 heavy (non-hydrogen) atoms. The Hall–Kier alpha value is -3.78. The SMILES string of the molecule is CC(C)(C)c1ccc(C(=O)N[C@@H](Cc2ccc(-c3ncc(N4CCN(C(C)(C)C)CC4)cn3)cc2)C(=O)O)cc1. The third-order valence-electron chi connectivity index (χ3n) is 7.50.